The number of rotatable bonds is 4. The SMILES string of the molecule is CC(NC(=S)NCc1ccccc1)C1CCCO1. The maximum absolute atomic E-state index is 5.63. The zero-order valence-corrected chi connectivity index (χ0v) is 11.5. The molecular weight excluding hydrogens is 244 g/mol. The van der Waals surface area contributed by atoms with Crippen molar-refractivity contribution >= 4 is 17.3 Å². The molecule has 0 amide bonds. The van der Waals surface area contributed by atoms with Gasteiger partial charge in [-0.2, -0.15) is 0 Å². The highest BCUT2D eigenvalue weighted by molar-refractivity contribution is 7.80. The third-order valence-corrected chi connectivity index (χ3v) is 3.44. The van der Waals surface area contributed by atoms with Crippen LogP contribution in [0.25, 0.3) is 0 Å². The Morgan fingerprint density at radius 2 is 2.22 bits per heavy atom. The molecule has 1 aromatic rings. The lowest BCUT2D eigenvalue weighted by Gasteiger charge is -2.22. The first-order chi connectivity index (χ1) is 8.75. The molecule has 3 nitrogen and oxygen atoms in total. The number of benzene rings is 1. The third-order valence-electron chi connectivity index (χ3n) is 3.18. The molecule has 1 aliphatic heterocycles. The van der Waals surface area contributed by atoms with Gasteiger partial charge in [0.25, 0.3) is 0 Å². The standard InChI is InChI=1S/C14H20N2OS/c1-11(13-8-5-9-17-13)16-14(18)15-10-12-6-3-2-4-7-12/h2-4,6-7,11,13H,5,8-10H2,1H3,(H2,15,16,18). The summed E-state index contributed by atoms with van der Waals surface area (Å²) in [6, 6.07) is 10.5. The summed E-state index contributed by atoms with van der Waals surface area (Å²) in [5, 5.41) is 7.20. The summed E-state index contributed by atoms with van der Waals surface area (Å²) < 4.78 is 5.63. The van der Waals surface area contributed by atoms with Gasteiger partial charge in [0.15, 0.2) is 5.11 Å². The van der Waals surface area contributed by atoms with Gasteiger partial charge in [-0.1, -0.05) is 30.3 Å². The van der Waals surface area contributed by atoms with E-state index >= 15 is 0 Å². The Balaban J connectivity index is 1.71. The Bertz CT molecular complexity index is 377. The van der Waals surface area contributed by atoms with Crippen molar-refractivity contribution in [2.45, 2.75) is 38.5 Å². The second-order valence-electron chi connectivity index (χ2n) is 4.65. The Labute approximate surface area is 114 Å². The summed E-state index contributed by atoms with van der Waals surface area (Å²) in [5.41, 5.74) is 1.23. The molecule has 0 bridgehead atoms. The highest BCUT2D eigenvalue weighted by Gasteiger charge is 2.22. The summed E-state index contributed by atoms with van der Waals surface area (Å²) in [5.74, 6) is 0. The van der Waals surface area contributed by atoms with Crippen LogP contribution >= 0.6 is 12.2 Å². The third kappa shape index (κ3) is 3.96. The van der Waals surface area contributed by atoms with Crippen molar-refractivity contribution in [1.82, 2.24) is 10.6 Å². The first-order valence-electron chi connectivity index (χ1n) is 6.45. The van der Waals surface area contributed by atoms with Gasteiger partial charge in [-0.05, 0) is 37.5 Å². The van der Waals surface area contributed by atoms with E-state index < -0.39 is 0 Å². The fourth-order valence-electron chi connectivity index (χ4n) is 2.13. The zero-order chi connectivity index (χ0) is 12.8. The molecule has 4 heteroatoms. The Morgan fingerprint density at radius 3 is 2.89 bits per heavy atom. The molecule has 1 fully saturated rings. The van der Waals surface area contributed by atoms with Crippen molar-refractivity contribution in [3.63, 3.8) is 0 Å². The summed E-state index contributed by atoms with van der Waals surface area (Å²) in [4.78, 5) is 0. The lowest BCUT2D eigenvalue weighted by Crippen LogP contribution is -2.45. The van der Waals surface area contributed by atoms with E-state index in [1.807, 2.05) is 18.2 Å². The van der Waals surface area contributed by atoms with Crippen LogP contribution in [0.1, 0.15) is 25.3 Å². The molecule has 2 N–H and O–H groups in total. The predicted octanol–water partition coefficient (Wildman–Crippen LogP) is 2.22. The highest BCUT2D eigenvalue weighted by Crippen LogP contribution is 2.15. The van der Waals surface area contributed by atoms with Gasteiger partial charge in [-0.15, -0.1) is 0 Å². The van der Waals surface area contributed by atoms with Crippen LogP contribution in [0, 0.1) is 0 Å². The number of hydrogen-bond acceptors (Lipinski definition) is 2. The van der Waals surface area contributed by atoms with E-state index in [0.29, 0.717) is 11.2 Å². The van der Waals surface area contributed by atoms with Crippen molar-refractivity contribution in [3.05, 3.63) is 35.9 Å². The Morgan fingerprint density at radius 1 is 1.44 bits per heavy atom. The molecule has 2 atom stereocenters. The molecule has 2 unspecified atom stereocenters. The van der Waals surface area contributed by atoms with Crippen molar-refractivity contribution in [2.75, 3.05) is 6.61 Å². The monoisotopic (exact) mass is 264 g/mol. The van der Waals surface area contributed by atoms with Gasteiger partial charge < -0.3 is 15.4 Å². The quantitative estimate of drug-likeness (QED) is 0.817. The second kappa shape index (κ2) is 6.71. The van der Waals surface area contributed by atoms with E-state index in [4.69, 9.17) is 17.0 Å². The topological polar surface area (TPSA) is 33.3 Å². The van der Waals surface area contributed by atoms with Crippen molar-refractivity contribution in [2.24, 2.45) is 0 Å². The van der Waals surface area contributed by atoms with Gasteiger partial charge in [-0.25, -0.2) is 0 Å². The largest absolute Gasteiger partial charge is 0.376 e. The highest BCUT2D eigenvalue weighted by atomic mass is 32.1. The van der Waals surface area contributed by atoms with Gasteiger partial charge >= 0.3 is 0 Å². The van der Waals surface area contributed by atoms with Crippen LogP contribution in [0.3, 0.4) is 0 Å². The van der Waals surface area contributed by atoms with Crippen LogP contribution in [0.5, 0.6) is 0 Å². The van der Waals surface area contributed by atoms with E-state index in [9.17, 15) is 0 Å². The summed E-state index contributed by atoms with van der Waals surface area (Å²) in [7, 11) is 0. The molecule has 1 heterocycles. The van der Waals surface area contributed by atoms with Crippen LogP contribution in [0.2, 0.25) is 0 Å². The number of ether oxygens (including phenoxy) is 1. The van der Waals surface area contributed by atoms with E-state index in [2.05, 4.69) is 29.7 Å². The molecule has 2 rings (SSSR count). The molecule has 0 aromatic heterocycles. The average Bonchev–Trinajstić information content (AvgIpc) is 2.91. The fraction of sp³-hybridized carbons (Fsp3) is 0.500. The molecular formula is C14H20N2OS. The maximum atomic E-state index is 5.63. The molecule has 18 heavy (non-hydrogen) atoms. The van der Waals surface area contributed by atoms with Crippen LogP contribution < -0.4 is 10.6 Å². The van der Waals surface area contributed by atoms with Crippen molar-refractivity contribution < 1.29 is 4.74 Å². The summed E-state index contributed by atoms with van der Waals surface area (Å²) >= 11 is 5.29. The minimum Gasteiger partial charge on any atom is -0.376 e. The van der Waals surface area contributed by atoms with Gasteiger partial charge in [0.1, 0.15) is 0 Å². The first-order valence-corrected chi connectivity index (χ1v) is 6.86. The second-order valence-corrected chi connectivity index (χ2v) is 5.06. The lowest BCUT2D eigenvalue weighted by molar-refractivity contribution is 0.0893. The number of hydrogen-bond donors (Lipinski definition) is 2. The van der Waals surface area contributed by atoms with Crippen molar-refractivity contribution in [3.8, 4) is 0 Å². The molecule has 0 spiro atoms. The van der Waals surface area contributed by atoms with Crippen LogP contribution in [0.15, 0.2) is 30.3 Å². The number of nitrogens with one attached hydrogen (secondary N) is 2. The van der Waals surface area contributed by atoms with E-state index in [1.165, 1.54) is 5.56 Å². The van der Waals surface area contributed by atoms with Crippen LogP contribution in [0.4, 0.5) is 0 Å². The smallest absolute Gasteiger partial charge is 0.166 e. The summed E-state index contributed by atoms with van der Waals surface area (Å²) in [6.07, 6.45) is 2.57. The molecule has 0 aliphatic carbocycles. The van der Waals surface area contributed by atoms with E-state index in [-0.39, 0.29) is 6.04 Å². The minimum atomic E-state index is 0.267. The van der Waals surface area contributed by atoms with Gasteiger partial charge in [0.05, 0.1) is 12.1 Å². The molecule has 0 radical (unpaired) electrons. The molecule has 1 aliphatic rings. The Kier molecular flexibility index (Phi) is 4.96. The molecule has 1 saturated heterocycles. The molecule has 1 aromatic carbocycles. The van der Waals surface area contributed by atoms with Crippen LogP contribution in [-0.4, -0.2) is 23.9 Å². The van der Waals surface area contributed by atoms with Gasteiger partial charge in [-0.3, -0.25) is 0 Å². The fourth-order valence-corrected chi connectivity index (χ4v) is 2.38. The Hall–Kier alpha value is -1.13. The normalized spacial score (nSPS) is 20.4. The van der Waals surface area contributed by atoms with E-state index in [0.717, 1.165) is 26.0 Å². The van der Waals surface area contributed by atoms with E-state index in [1.54, 1.807) is 0 Å². The predicted molar refractivity (Wildman–Crippen MR) is 77.5 cm³/mol. The summed E-state index contributed by atoms with van der Waals surface area (Å²) in [6.45, 7) is 3.75. The molecule has 0 saturated carbocycles. The number of thiocarbonyl (C=S) groups is 1. The zero-order valence-electron chi connectivity index (χ0n) is 10.7. The van der Waals surface area contributed by atoms with Crippen LogP contribution in [-0.2, 0) is 11.3 Å². The average molecular weight is 264 g/mol. The first kappa shape index (κ1) is 13.3. The van der Waals surface area contributed by atoms with Crippen molar-refractivity contribution in [1.29, 1.82) is 0 Å². The van der Waals surface area contributed by atoms with Gasteiger partial charge in [0.2, 0.25) is 0 Å². The van der Waals surface area contributed by atoms with Gasteiger partial charge in [0, 0.05) is 13.2 Å². The lowest BCUT2D eigenvalue weighted by atomic mass is 10.1. The maximum Gasteiger partial charge on any atom is 0.166 e. The molecule has 98 valence electrons. The minimum absolute atomic E-state index is 0.267.